The molecule has 0 spiro atoms. The first-order valence-electron chi connectivity index (χ1n) is 2.03. The molecule has 1 nitrogen and oxygen atoms in total. The Morgan fingerprint density at radius 1 is 1.88 bits per heavy atom. The Hall–Kier alpha value is 1.35. The fourth-order valence-electron chi connectivity index (χ4n) is 0.207. The molecule has 0 fully saturated rings. The predicted molar refractivity (Wildman–Crippen MR) is 57.6 cm³/mol. The summed E-state index contributed by atoms with van der Waals surface area (Å²) in [6.07, 6.45) is 1.99. The minimum absolute atomic E-state index is 1.12. The predicted octanol–water partition coefficient (Wildman–Crippen LogP) is 2.57. The van der Waals surface area contributed by atoms with Crippen LogP contribution in [0.15, 0.2) is 9.11 Å². The molecule has 4 heteroatoms. The number of halogens is 2. The molecule has 0 bridgehead atoms. The number of thioether (sulfide) groups is 1. The summed E-state index contributed by atoms with van der Waals surface area (Å²) in [5.74, 6) is 0. The van der Waals surface area contributed by atoms with Gasteiger partial charge in [-0.25, -0.2) is 0 Å². The maximum absolute atomic E-state index is 2.96. The molecule has 0 aromatic carbocycles. The van der Waals surface area contributed by atoms with Crippen LogP contribution in [0.4, 0.5) is 0 Å². The van der Waals surface area contributed by atoms with E-state index in [0.29, 0.717) is 0 Å². The number of alkyl halides is 1. The summed E-state index contributed by atoms with van der Waals surface area (Å²) in [6, 6.07) is 0. The third-order valence-corrected chi connectivity index (χ3v) is 3.13. The second-order valence-electron chi connectivity index (χ2n) is 0.991. The van der Waals surface area contributed by atoms with Crippen molar-refractivity contribution in [1.29, 1.82) is 0 Å². The van der Waals surface area contributed by atoms with Gasteiger partial charge in [-0.2, -0.15) is 0 Å². The van der Waals surface area contributed by atoms with E-state index in [9.17, 15) is 0 Å². The lowest BCUT2D eigenvalue weighted by atomic mass is 11.0. The average Bonchev–Trinajstić information content (AvgIpc) is 1.68. The van der Waals surface area contributed by atoms with Gasteiger partial charge in [0.2, 0.25) is 0 Å². The van der Waals surface area contributed by atoms with Crippen molar-refractivity contribution >= 4 is 56.9 Å². The quantitative estimate of drug-likeness (QED) is 0.617. The molecule has 0 aromatic heterocycles. The van der Waals surface area contributed by atoms with Crippen molar-refractivity contribution in [1.82, 2.24) is 5.32 Å². The van der Waals surface area contributed by atoms with E-state index < -0.39 is 0 Å². The van der Waals surface area contributed by atoms with Crippen LogP contribution in [0.25, 0.3) is 0 Å². The number of hydrogen-bond acceptors (Lipinski definition) is 2. The summed E-state index contributed by atoms with van der Waals surface area (Å²) < 4.78 is 2.42. The van der Waals surface area contributed by atoms with Crippen LogP contribution in [0.1, 0.15) is 0 Å². The monoisotopic (exact) mass is 355 g/mol. The van der Waals surface area contributed by atoms with Crippen LogP contribution in [0.3, 0.4) is 0 Å². The maximum Gasteiger partial charge on any atom is 0.0622 e. The van der Waals surface area contributed by atoms with Gasteiger partial charge in [0.15, 0.2) is 0 Å². The van der Waals surface area contributed by atoms with Crippen molar-refractivity contribution in [2.24, 2.45) is 0 Å². The van der Waals surface area contributed by atoms with Gasteiger partial charge in [-0.15, -0.1) is 11.8 Å². The minimum Gasteiger partial charge on any atom is -0.393 e. The molecule has 0 aliphatic rings. The molecule has 0 aromatic rings. The Morgan fingerprint density at radius 2 is 2.50 bits per heavy atom. The molecular formula is C4H7I2NS. The molecule has 0 heterocycles. The van der Waals surface area contributed by atoms with E-state index in [4.69, 9.17) is 0 Å². The first-order chi connectivity index (χ1) is 3.81. The van der Waals surface area contributed by atoms with Crippen molar-refractivity contribution in [3.63, 3.8) is 0 Å². The lowest BCUT2D eigenvalue weighted by molar-refractivity contribution is 1.11. The third-order valence-electron chi connectivity index (χ3n) is 0.450. The number of rotatable bonds is 3. The van der Waals surface area contributed by atoms with E-state index in [1.807, 2.05) is 25.0 Å². The molecule has 0 amide bonds. The van der Waals surface area contributed by atoms with Crippen molar-refractivity contribution < 1.29 is 0 Å². The van der Waals surface area contributed by atoms with Gasteiger partial charge in [0.05, 0.1) is 6.67 Å². The molecule has 8 heavy (non-hydrogen) atoms. The van der Waals surface area contributed by atoms with Crippen molar-refractivity contribution in [2.75, 3.05) is 10.8 Å². The average molecular weight is 355 g/mol. The second-order valence-corrected chi connectivity index (χ2v) is 5.70. The first-order valence-corrected chi connectivity index (χ1v) is 5.62. The molecular weight excluding hydrogens is 348 g/mol. The highest BCUT2D eigenvalue weighted by Crippen LogP contribution is 2.23. The smallest absolute Gasteiger partial charge is 0.0622 e. The molecule has 1 N–H and O–H groups in total. The second kappa shape index (κ2) is 6.47. The van der Waals surface area contributed by atoms with Gasteiger partial charge in [0.1, 0.15) is 0 Å². The molecule has 0 radical (unpaired) electrons. The summed E-state index contributed by atoms with van der Waals surface area (Å²) in [5.41, 5.74) is 0. The number of hydrogen-bond donors (Lipinski definition) is 1. The lowest BCUT2D eigenvalue weighted by Crippen LogP contribution is -1.91. The van der Waals surface area contributed by atoms with Crippen molar-refractivity contribution in [2.45, 2.75) is 0 Å². The van der Waals surface area contributed by atoms with Crippen LogP contribution in [0.2, 0.25) is 0 Å². The summed E-state index contributed by atoms with van der Waals surface area (Å²) in [5, 5.41) is 2.96. The van der Waals surface area contributed by atoms with Crippen LogP contribution in [-0.2, 0) is 0 Å². The van der Waals surface area contributed by atoms with E-state index in [1.165, 1.54) is 2.91 Å². The molecule has 0 unspecified atom stereocenters. The van der Waals surface area contributed by atoms with Crippen molar-refractivity contribution in [3.8, 4) is 0 Å². The molecule has 48 valence electrons. The first kappa shape index (κ1) is 9.35. The van der Waals surface area contributed by atoms with Gasteiger partial charge < -0.3 is 5.32 Å². The molecule has 0 saturated heterocycles. The highest BCUT2D eigenvalue weighted by atomic mass is 127. The van der Waals surface area contributed by atoms with Gasteiger partial charge in [-0.1, -0.05) is 22.6 Å². The van der Waals surface area contributed by atoms with Gasteiger partial charge >= 0.3 is 0 Å². The van der Waals surface area contributed by atoms with Crippen LogP contribution in [-0.4, -0.2) is 10.8 Å². The summed E-state index contributed by atoms with van der Waals surface area (Å²) in [6.45, 7) is 0. The topological polar surface area (TPSA) is 12.0 Å². The minimum atomic E-state index is 1.12. The summed E-state index contributed by atoms with van der Waals surface area (Å²) in [7, 11) is 1.91. The Labute approximate surface area is 81.3 Å². The number of nitrogens with one attached hydrogen (secondary N) is 1. The van der Waals surface area contributed by atoms with E-state index in [2.05, 4.69) is 50.5 Å². The van der Waals surface area contributed by atoms with Crippen molar-refractivity contribution in [3.05, 3.63) is 9.11 Å². The SMILES string of the molecule is CN/C=C(/I)SCI. The van der Waals surface area contributed by atoms with Gasteiger partial charge in [-0.3, -0.25) is 0 Å². The van der Waals surface area contributed by atoms with Crippen LogP contribution in [0, 0.1) is 0 Å². The fourth-order valence-corrected chi connectivity index (χ4v) is 4.09. The highest BCUT2D eigenvalue weighted by Gasteiger charge is 1.85. The fraction of sp³-hybridized carbons (Fsp3) is 0.500. The van der Waals surface area contributed by atoms with Gasteiger partial charge in [0.25, 0.3) is 0 Å². The third kappa shape index (κ3) is 5.49. The van der Waals surface area contributed by atoms with E-state index in [1.54, 1.807) is 0 Å². The van der Waals surface area contributed by atoms with Gasteiger partial charge in [-0.05, 0) is 22.6 Å². The zero-order valence-electron chi connectivity index (χ0n) is 4.45. The van der Waals surface area contributed by atoms with Gasteiger partial charge in [0, 0.05) is 13.2 Å². The standard InChI is InChI=1S/C4H7I2NS/c1-7-2-4(6)8-3-5/h2,7H,3H2,1H3/b4-2-. The van der Waals surface area contributed by atoms with E-state index in [-0.39, 0.29) is 0 Å². The largest absolute Gasteiger partial charge is 0.393 e. The van der Waals surface area contributed by atoms with Crippen LogP contribution < -0.4 is 5.32 Å². The van der Waals surface area contributed by atoms with E-state index in [0.717, 1.165) is 3.76 Å². The Morgan fingerprint density at radius 3 is 2.88 bits per heavy atom. The zero-order valence-corrected chi connectivity index (χ0v) is 9.58. The molecule has 0 aliphatic carbocycles. The Bertz CT molecular complexity index is 84.1. The van der Waals surface area contributed by atoms with Crippen LogP contribution >= 0.6 is 56.9 Å². The highest BCUT2D eigenvalue weighted by molar-refractivity contribution is 14.1. The summed E-state index contributed by atoms with van der Waals surface area (Å²) in [4.78, 5) is 0. The normalized spacial score (nSPS) is 11.6. The lowest BCUT2D eigenvalue weighted by Gasteiger charge is -1.91. The maximum atomic E-state index is 2.96. The molecule has 0 rings (SSSR count). The van der Waals surface area contributed by atoms with Crippen LogP contribution in [0.5, 0.6) is 0 Å². The molecule has 0 atom stereocenters. The van der Waals surface area contributed by atoms with E-state index >= 15 is 0 Å². The Kier molecular flexibility index (Phi) is 7.56. The summed E-state index contributed by atoms with van der Waals surface area (Å²) >= 11 is 6.46. The molecule has 0 aliphatic heterocycles. The zero-order chi connectivity index (χ0) is 6.41. The Balaban J connectivity index is 3.29. The molecule has 0 saturated carbocycles.